The summed E-state index contributed by atoms with van der Waals surface area (Å²) in [5, 5.41) is 0.465. The van der Waals surface area contributed by atoms with Crippen molar-refractivity contribution in [3.05, 3.63) is 76.8 Å². The van der Waals surface area contributed by atoms with Gasteiger partial charge in [0.2, 0.25) is 0 Å². The molecule has 3 rings (SSSR count). The number of ether oxygens (including phenoxy) is 3. The molecule has 0 bridgehead atoms. The van der Waals surface area contributed by atoms with Crippen molar-refractivity contribution in [2.45, 2.75) is 6.92 Å². The summed E-state index contributed by atoms with van der Waals surface area (Å²) in [6.07, 6.45) is 3.86. The third-order valence-electron chi connectivity index (χ3n) is 4.90. The van der Waals surface area contributed by atoms with Gasteiger partial charge in [-0.3, -0.25) is 4.79 Å². The lowest BCUT2D eigenvalue weighted by atomic mass is 9.93. The van der Waals surface area contributed by atoms with Crippen LogP contribution in [0, 0.1) is 0 Å². The maximum Gasteiger partial charge on any atom is 0.330 e. The van der Waals surface area contributed by atoms with E-state index < -0.39 is 5.97 Å². The minimum Gasteiger partial charge on any atom is -0.497 e. The van der Waals surface area contributed by atoms with E-state index in [1.807, 2.05) is 42.5 Å². The molecule has 0 saturated carbocycles. The van der Waals surface area contributed by atoms with Gasteiger partial charge in [-0.1, -0.05) is 35.9 Å². The molecule has 0 aliphatic heterocycles. The standard InChI is InChI=1S/C26H23ClO5/c1-4-32-26(29)12-7-18-14-21(30-2)8-10-22(18)17-5-9-23(20(13-17)16-28)19-6-11-25(31-3)24(27)15-19/h5-16H,4H2,1-3H3/b12-7+. The predicted octanol–water partition coefficient (Wildman–Crippen LogP) is 6.08. The first kappa shape index (κ1) is 23.1. The van der Waals surface area contributed by atoms with Crippen molar-refractivity contribution in [1.82, 2.24) is 0 Å². The van der Waals surface area contributed by atoms with Gasteiger partial charge in [-0.25, -0.2) is 4.79 Å². The number of halogens is 1. The Kier molecular flexibility index (Phi) is 7.68. The molecule has 5 nitrogen and oxygen atoms in total. The number of benzene rings is 3. The van der Waals surface area contributed by atoms with Crippen LogP contribution in [0.15, 0.2) is 60.7 Å². The molecule has 0 aromatic heterocycles. The highest BCUT2D eigenvalue weighted by Gasteiger charge is 2.12. The van der Waals surface area contributed by atoms with Crippen LogP contribution in [0.4, 0.5) is 0 Å². The Hall–Kier alpha value is -3.57. The molecule has 0 unspecified atom stereocenters. The van der Waals surface area contributed by atoms with Crippen molar-refractivity contribution in [2.24, 2.45) is 0 Å². The molecule has 0 fully saturated rings. The summed E-state index contributed by atoms with van der Waals surface area (Å²) in [7, 11) is 3.13. The minimum absolute atomic E-state index is 0.299. The van der Waals surface area contributed by atoms with Gasteiger partial charge in [0.1, 0.15) is 11.5 Å². The average molecular weight is 451 g/mol. The van der Waals surface area contributed by atoms with Crippen LogP contribution in [-0.4, -0.2) is 33.1 Å². The van der Waals surface area contributed by atoms with Gasteiger partial charge in [-0.15, -0.1) is 0 Å². The molecule has 0 aliphatic rings. The molecule has 32 heavy (non-hydrogen) atoms. The number of rotatable bonds is 8. The van der Waals surface area contributed by atoms with Crippen molar-refractivity contribution in [3.8, 4) is 33.8 Å². The zero-order valence-electron chi connectivity index (χ0n) is 18.1. The van der Waals surface area contributed by atoms with E-state index in [9.17, 15) is 9.59 Å². The second kappa shape index (κ2) is 10.6. The van der Waals surface area contributed by atoms with E-state index in [-0.39, 0.29) is 0 Å². The summed E-state index contributed by atoms with van der Waals surface area (Å²) < 4.78 is 15.5. The van der Waals surface area contributed by atoms with Gasteiger partial charge in [-0.2, -0.15) is 0 Å². The summed E-state index contributed by atoms with van der Waals surface area (Å²) in [5.74, 6) is 0.787. The molecule has 0 N–H and O–H groups in total. The molecule has 0 atom stereocenters. The van der Waals surface area contributed by atoms with Gasteiger partial charge >= 0.3 is 5.97 Å². The van der Waals surface area contributed by atoms with Crippen molar-refractivity contribution in [2.75, 3.05) is 20.8 Å². The smallest absolute Gasteiger partial charge is 0.330 e. The highest BCUT2D eigenvalue weighted by Crippen LogP contribution is 2.35. The number of esters is 1. The normalized spacial score (nSPS) is 10.8. The Morgan fingerprint density at radius 1 is 0.906 bits per heavy atom. The van der Waals surface area contributed by atoms with E-state index in [2.05, 4.69) is 0 Å². The molecule has 164 valence electrons. The lowest BCUT2D eigenvalue weighted by Crippen LogP contribution is -1.99. The maximum absolute atomic E-state index is 11.9. The van der Waals surface area contributed by atoms with Crippen molar-refractivity contribution >= 4 is 29.9 Å². The molecular formula is C26H23ClO5. The quantitative estimate of drug-likeness (QED) is 0.236. The number of hydrogen-bond donors (Lipinski definition) is 0. The van der Waals surface area contributed by atoms with E-state index in [0.717, 1.165) is 34.1 Å². The molecule has 0 aliphatic carbocycles. The number of methoxy groups -OCH3 is 2. The third-order valence-corrected chi connectivity index (χ3v) is 5.19. The Balaban J connectivity index is 2.06. The highest BCUT2D eigenvalue weighted by atomic mass is 35.5. The zero-order valence-corrected chi connectivity index (χ0v) is 18.8. The fraction of sp³-hybridized carbons (Fsp3) is 0.154. The molecule has 0 spiro atoms. The Morgan fingerprint density at radius 2 is 1.59 bits per heavy atom. The van der Waals surface area contributed by atoms with Crippen molar-refractivity contribution < 1.29 is 23.8 Å². The number of aldehydes is 1. The maximum atomic E-state index is 11.9. The zero-order chi connectivity index (χ0) is 23.1. The van der Waals surface area contributed by atoms with E-state index >= 15 is 0 Å². The molecule has 0 saturated heterocycles. The van der Waals surface area contributed by atoms with E-state index in [0.29, 0.717) is 28.7 Å². The topological polar surface area (TPSA) is 61.8 Å². The van der Waals surface area contributed by atoms with Gasteiger partial charge in [0.15, 0.2) is 6.29 Å². The molecule has 0 amide bonds. The van der Waals surface area contributed by atoms with Gasteiger partial charge in [0.25, 0.3) is 0 Å². The number of carbonyl (C=O) groups excluding carboxylic acids is 2. The lowest BCUT2D eigenvalue weighted by Gasteiger charge is -2.13. The van der Waals surface area contributed by atoms with Crippen LogP contribution in [0.2, 0.25) is 5.02 Å². The first-order valence-electron chi connectivity index (χ1n) is 9.97. The van der Waals surface area contributed by atoms with Gasteiger partial charge in [0.05, 0.1) is 25.8 Å². The molecule has 0 radical (unpaired) electrons. The lowest BCUT2D eigenvalue weighted by molar-refractivity contribution is -0.137. The Morgan fingerprint density at radius 3 is 2.25 bits per heavy atom. The summed E-state index contributed by atoms with van der Waals surface area (Å²) in [4.78, 5) is 23.7. The van der Waals surface area contributed by atoms with E-state index in [4.69, 9.17) is 25.8 Å². The fourth-order valence-electron chi connectivity index (χ4n) is 3.34. The number of hydrogen-bond acceptors (Lipinski definition) is 5. The van der Waals surface area contributed by atoms with Gasteiger partial charge in [0, 0.05) is 11.6 Å². The molecule has 0 heterocycles. The first-order chi connectivity index (χ1) is 15.5. The van der Waals surface area contributed by atoms with Crippen LogP contribution < -0.4 is 9.47 Å². The third kappa shape index (κ3) is 5.18. The second-order valence-corrected chi connectivity index (χ2v) is 7.21. The summed E-state index contributed by atoms with van der Waals surface area (Å²) in [5.41, 5.74) is 4.50. The summed E-state index contributed by atoms with van der Waals surface area (Å²) >= 11 is 6.26. The molecule has 6 heteroatoms. The summed E-state index contributed by atoms with van der Waals surface area (Å²) in [6.45, 7) is 2.05. The monoisotopic (exact) mass is 450 g/mol. The SMILES string of the molecule is CCOC(=O)/C=C/c1cc(OC)ccc1-c1ccc(-c2ccc(OC)c(Cl)c2)c(C=O)c1. The molecular weight excluding hydrogens is 428 g/mol. The molecule has 3 aromatic rings. The van der Waals surface area contributed by atoms with Crippen LogP contribution in [0.5, 0.6) is 11.5 Å². The van der Waals surface area contributed by atoms with Crippen LogP contribution >= 0.6 is 11.6 Å². The van der Waals surface area contributed by atoms with Crippen molar-refractivity contribution in [1.29, 1.82) is 0 Å². The van der Waals surface area contributed by atoms with Gasteiger partial charge in [-0.05, 0) is 71.1 Å². The minimum atomic E-state index is -0.429. The Labute approximate surface area is 192 Å². The highest BCUT2D eigenvalue weighted by molar-refractivity contribution is 6.32. The van der Waals surface area contributed by atoms with Crippen molar-refractivity contribution in [3.63, 3.8) is 0 Å². The summed E-state index contributed by atoms with van der Waals surface area (Å²) in [6, 6.07) is 16.5. The van der Waals surface area contributed by atoms with Crippen LogP contribution in [-0.2, 0) is 9.53 Å². The van der Waals surface area contributed by atoms with Gasteiger partial charge < -0.3 is 14.2 Å². The average Bonchev–Trinajstić information content (AvgIpc) is 2.82. The largest absolute Gasteiger partial charge is 0.497 e. The van der Waals surface area contributed by atoms with E-state index in [1.165, 1.54) is 6.08 Å². The Bertz CT molecular complexity index is 1170. The van der Waals surface area contributed by atoms with Crippen LogP contribution in [0.1, 0.15) is 22.8 Å². The van der Waals surface area contributed by atoms with E-state index in [1.54, 1.807) is 39.4 Å². The van der Waals surface area contributed by atoms with Crippen LogP contribution in [0.3, 0.4) is 0 Å². The number of carbonyl (C=O) groups is 2. The molecule has 3 aromatic carbocycles. The van der Waals surface area contributed by atoms with Crippen LogP contribution in [0.25, 0.3) is 28.3 Å². The first-order valence-corrected chi connectivity index (χ1v) is 10.3. The predicted molar refractivity (Wildman–Crippen MR) is 126 cm³/mol. The second-order valence-electron chi connectivity index (χ2n) is 6.81. The fourth-order valence-corrected chi connectivity index (χ4v) is 3.60.